The average molecular weight is 1340 g/mol. The number of amides is 10. The zero-order chi connectivity index (χ0) is 69.0. The molecule has 8 bridgehead atoms. The molecule has 8 N–H and O–H groups in total. The largest absolute Gasteiger partial charge is 0.497 e. The van der Waals surface area contributed by atoms with E-state index in [1.54, 1.807) is 61.4 Å². The number of halogens is 1. The van der Waals surface area contributed by atoms with Gasteiger partial charge in [-0.15, -0.1) is 0 Å². The van der Waals surface area contributed by atoms with Crippen molar-refractivity contribution < 1.29 is 66.9 Å². The highest BCUT2D eigenvalue weighted by atomic mass is 19.1. The molecule has 5 aromatic rings. The van der Waals surface area contributed by atoms with Crippen molar-refractivity contribution in [3.05, 3.63) is 136 Å². The monoisotopic (exact) mass is 1340 g/mol. The second-order valence-electron chi connectivity index (χ2n) is 26.1. The van der Waals surface area contributed by atoms with Crippen molar-refractivity contribution in [2.24, 2.45) is 0 Å². The molecule has 10 amide bonds. The van der Waals surface area contributed by atoms with Crippen LogP contribution in [0, 0.1) is 5.82 Å². The first-order valence-corrected chi connectivity index (χ1v) is 33.9. The number of fused-ring (bicyclic) bond motifs is 12. The van der Waals surface area contributed by atoms with Crippen LogP contribution < -0.4 is 42.0 Å². The SMILES string of the molecule is COc1ccc(C[C@H](NC=O)C(=O)N2CCC[C@@]2(C)C(=O)NCCc2ccc(CN3CCCCCCn4cc(c5cc(F)ccc54)C[C@@H]4NC(=O)[C@H](Cc5cccc(c5)CNC(=O)COC5CCN(C4=O)[C@@H]5C(=O)NC[C@@H](C)O)NC(=O)CNC(=O)CCCCCC3=O)cc2)cc1. The van der Waals surface area contributed by atoms with Crippen LogP contribution in [-0.4, -0.2) is 179 Å². The normalized spacial score (nSPS) is 22.3. The van der Waals surface area contributed by atoms with Crippen molar-refractivity contribution in [1.82, 2.24) is 56.5 Å². The molecule has 520 valence electrons. The van der Waals surface area contributed by atoms with Gasteiger partial charge in [-0.1, -0.05) is 79.9 Å². The topological polar surface area (TPSA) is 308 Å². The van der Waals surface area contributed by atoms with Crippen LogP contribution in [0.5, 0.6) is 5.75 Å². The minimum atomic E-state index is -1.41. The molecule has 4 aliphatic rings. The Hall–Kier alpha value is -9.23. The number of carbonyl (C=O) groups excluding carboxylic acids is 10. The zero-order valence-corrected chi connectivity index (χ0v) is 55.7. The molecule has 5 heterocycles. The van der Waals surface area contributed by atoms with Gasteiger partial charge < -0.3 is 71.1 Å². The van der Waals surface area contributed by atoms with Gasteiger partial charge in [0.05, 0.1) is 25.9 Å². The number of rotatable bonds is 15. The molecule has 9 rings (SSSR count). The van der Waals surface area contributed by atoms with E-state index in [0.29, 0.717) is 124 Å². The minimum absolute atomic E-state index is 0.0131. The van der Waals surface area contributed by atoms with E-state index >= 15 is 9.18 Å². The lowest BCUT2D eigenvalue weighted by molar-refractivity contribution is -0.145. The van der Waals surface area contributed by atoms with E-state index in [4.69, 9.17) is 9.47 Å². The van der Waals surface area contributed by atoms with Gasteiger partial charge >= 0.3 is 0 Å². The van der Waals surface area contributed by atoms with Gasteiger partial charge in [-0.2, -0.15) is 0 Å². The molecule has 25 heteroatoms. The summed E-state index contributed by atoms with van der Waals surface area (Å²) in [5, 5.41) is 30.2. The number of aromatic nitrogens is 1. The smallest absolute Gasteiger partial charge is 0.246 e. The molecule has 1 aromatic heterocycles. The summed E-state index contributed by atoms with van der Waals surface area (Å²) in [7, 11) is 1.57. The van der Waals surface area contributed by atoms with Crippen molar-refractivity contribution in [3.63, 3.8) is 0 Å². The van der Waals surface area contributed by atoms with Crippen molar-refractivity contribution in [2.75, 3.05) is 53.0 Å². The number of aliphatic hydroxyl groups excluding tert-OH is 1. The van der Waals surface area contributed by atoms with Crippen molar-refractivity contribution in [3.8, 4) is 5.75 Å². The molecule has 2 fully saturated rings. The number of hydrogen-bond acceptors (Lipinski definition) is 13. The fourth-order valence-electron chi connectivity index (χ4n) is 13.4. The molecule has 0 radical (unpaired) electrons. The maximum absolute atomic E-state index is 15.4. The number of aryl methyl sites for hydroxylation is 1. The van der Waals surface area contributed by atoms with Gasteiger partial charge in [-0.25, -0.2) is 4.39 Å². The standard InChI is InChI=1S/C72H92FN11O13/c1-47(86)40-77-68(92)66-61-28-34-83(66)69(93)59-38-53-44-81(60-26-23-54(73)39-56(53)60)31-9-4-5-10-32-82(65(90)16-8-6-7-15-62(87)76-42-63(88)79-57(67(91)80-59)37-51-13-11-14-52(35-51)41-75-64(89)45-97-61)43-50-19-17-48(18-20-50)27-30-74-71(95)72(2)29-12-33-84(72)70(94)58(78-46-85)36-49-21-24-55(96-3)25-22-49/h11,13-14,17-26,35,39,44,46-47,57-59,61,66,86H,4-10,12,15-16,27-34,36-38,40-43,45H2,1-3H3,(H,74,95)(H,75,89)(H,76,87)(H,77,92)(H,78,85)(H,79,88)(H,80,91)/t47-,57+,58+,59+,61?,66+,72+/m1/s1. The fourth-order valence-corrected chi connectivity index (χ4v) is 13.4. The van der Waals surface area contributed by atoms with Gasteiger partial charge in [-0.05, 0) is 129 Å². The molecule has 0 saturated carbocycles. The van der Waals surface area contributed by atoms with Gasteiger partial charge in [0, 0.05) is 102 Å². The highest BCUT2D eigenvalue weighted by Gasteiger charge is 2.48. The Morgan fingerprint density at radius 3 is 2.25 bits per heavy atom. The second kappa shape index (κ2) is 34.6. The third-order valence-corrected chi connectivity index (χ3v) is 18.8. The van der Waals surface area contributed by atoms with E-state index in [9.17, 15) is 48.3 Å². The molecule has 2 saturated heterocycles. The molecule has 97 heavy (non-hydrogen) atoms. The van der Waals surface area contributed by atoms with Crippen LogP contribution in [0.4, 0.5) is 4.39 Å². The Balaban J connectivity index is 0.890. The van der Waals surface area contributed by atoms with Gasteiger partial charge in [-0.3, -0.25) is 47.9 Å². The summed E-state index contributed by atoms with van der Waals surface area (Å²) >= 11 is 0. The summed E-state index contributed by atoms with van der Waals surface area (Å²) in [5.41, 5.74) is 4.06. The zero-order valence-electron chi connectivity index (χ0n) is 55.7. The first-order valence-electron chi connectivity index (χ1n) is 33.9. The summed E-state index contributed by atoms with van der Waals surface area (Å²) in [4.78, 5) is 143. The predicted octanol–water partition coefficient (Wildman–Crippen LogP) is 3.72. The van der Waals surface area contributed by atoms with Crippen molar-refractivity contribution in [1.29, 1.82) is 0 Å². The fraction of sp³-hybridized carbons (Fsp3) is 0.500. The number of ether oxygens (including phenoxy) is 2. The molecule has 4 aromatic carbocycles. The average Bonchev–Trinajstić information content (AvgIpc) is 1.68. The number of aliphatic hydroxyl groups is 1. The van der Waals surface area contributed by atoms with Crippen LogP contribution in [0.3, 0.4) is 0 Å². The Labute approximate surface area is 564 Å². The van der Waals surface area contributed by atoms with E-state index in [1.165, 1.54) is 24.0 Å². The van der Waals surface area contributed by atoms with E-state index in [2.05, 4.69) is 37.2 Å². The summed E-state index contributed by atoms with van der Waals surface area (Å²) in [5.74, 6) is -4.16. The van der Waals surface area contributed by atoms with Gasteiger partial charge in [0.2, 0.25) is 59.6 Å². The lowest BCUT2D eigenvalue weighted by Gasteiger charge is -2.36. The molecular weight excluding hydrogens is 1250 g/mol. The Bertz CT molecular complexity index is 3600. The highest BCUT2D eigenvalue weighted by molar-refractivity contribution is 5.97. The Morgan fingerprint density at radius 1 is 0.763 bits per heavy atom. The molecule has 0 spiro atoms. The predicted molar refractivity (Wildman–Crippen MR) is 358 cm³/mol. The maximum atomic E-state index is 15.4. The number of nitrogens with one attached hydrogen (secondary N) is 7. The molecule has 0 aliphatic carbocycles. The van der Waals surface area contributed by atoms with Gasteiger partial charge in [0.25, 0.3) is 0 Å². The number of benzene rings is 4. The maximum Gasteiger partial charge on any atom is 0.246 e. The number of hydrogen-bond donors (Lipinski definition) is 8. The van der Waals surface area contributed by atoms with Crippen LogP contribution >= 0.6 is 0 Å². The molecule has 4 aliphatic heterocycles. The third-order valence-electron chi connectivity index (χ3n) is 18.8. The third kappa shape index (κ3) is 19.7. The Kier molecular flexibility index (Phi) is 25.7. The first kappa shape index (κ1) is 72.0. The van der Waals surface area contributed by atoms with Crippen LogP contribution in [0.25, 0.3) is 10.9 Å². The highest BCUT2D eigenvalue weighted by Crippen LogP contribution is 2.32. The summed E-state index contributed by atoms with van der Waals surface area (Å²) < 4.78 is 28.7. The molecule has 1 unspecified atom stereocenters. The summed E-state index contributed by atoms with van der Waals surface area (Å²) in [6, 6.07) is 21.7. The minimum Gasteiger partial charge on any atom is -0.497 e. The van der Waals surface area contributed by atoms with Gasteiger partial charge in [0.1, 0.15) is 47.9 Å². The van der Waals surface area contributed by atoms with Crippen molar-refractivity contribution in [2.45, 2.75) is 178 Å². The van der Waals surface area contributed by atoms with Gasteiger partial charge in [0.15, 0.2) is 0 Å². The second-order valence-corrected chi connectivity index (χ2v) is 26.1. The Morgan fingerprint density at radius 2 is 1.48 bits per heavy atom. The number of carbonyl (C=O) groups is 10. The quantitative estimate of drug-likeness (QED) is 0.0695. The summed E-state index contributed by atoms with van der Waals surface area (Å²) in [6.45, 7) is 4.29. The van der Waals surface area contributed by atoms with Crippen LogP contribution in [0.15, 0.2) is 97.2 Å². The number of methoxy groups -OCH3 is 1. The lowest BCUT2D eigenvalue weighted by Crippen LogP contribution is -2.59. The van der Waals surface area contributed by atoms with E-state index in [0.717, 1.165) is 29.5 Å². The van der Waals surface area contributed by atoms with Crippen LogP contribution in [0.2, 0.25) is 0 Å². The number of nitrogens with zero attached hydrogens (tertiary/aromatic N) is 4. The number of likely N-dealkylation sites (tertiary alicyclic amines) is 1. The van der Waals surface area contributed by atoms with E-state index in [1.807, 2.05) is 52.1 Å². The van der Waals surface area contributed by atoms with Crippen LogP contribution in [-0.2, 0) is 98.0 Å². The van der Waals surface area contributed by atoms with Crippen molar-refractivity contribution >= 4 is 70.5 Å². The molecule has 7 atom stereocenters. The van der Waals surface area contributed by atoms with E-state index < -0.39 is 96.3 Å². The first-order chi connectivity index (χ1) is 46.8. The van der Waals surface area contributed by atoms with Crippen LogP contribution in [0.1, 0.15) is 124 Å². The lowest BCUT2D eigenvalue weighted by atomic mass is 9.95. The molecular formula is C72H92FN11O13. The summed E-state index contributed by atoms with van der Waals surface area (Å²) in [6.07, 6.45) is 6.97. The van der Waals surface area contributed by atoms with E-state index in [-0.39, 0.29) is 75.9 Å². The molecule has 24 nitrogen and oxygen atoms in total.